The molecule has 0 aromatic carbocycles. The number of fused-ring (bicyclic) bond motifs is 1. The standard InChI is InChI=1S/C14H20N4O/c1-11-10-13-14(15-6-8-18(13)16-11)17(7-3-9-19)12-4-2-5-12/h6,8,10,12,19H,2-5,7,9H2,1H3. The van der Waals surface area contributed by atoms with Crippen LogP contribution in [0.25, 0.3) is 5.52 Å². The molecule has 1 fully saturated rings. The van der Waals surface area contributed by atoms with E-state index in [9.17, 15) is 0 Å². The molecule has 3 rings (SSSR count). The third kappa shape index (κ3) is 2.30. The molecule has 0 radical (unpaired) electrons. The predicted molar refractivity (Wildman–Crippen MR) is 74.4 cm³/mol. The molecular weight excluding hydrogens is 240 g/mol. The molecule has 0 aliphatic heterocycles. The third-order valence-corrected chi connectivity index (χ3v) is 3.84. The molecule has 2 heterocycles. The van der Waals surface area contributed by atoms with Gasteiger partial charge in [0.2, 0.25) is 0 Å². The zero-order chi connectivity index (χ0) is 13.2. The second-order valence-electron chi connectivity index (χ2n) is 5.22. The highest BCUT2D eigenvalue weighted by atomic mass is 16.3. The Kier molecular flexibility index (Phi) is 3.38. The number of hydrogen-bond acceptors (Lipinski definition) is 4. The van der Waals surface area contributed by atoms with Crippen LogP contribution in [0.2, 0.25) is 0 Å². The maximum absolute atomic E-state index is 9.09. The molecule has 1 aliphatic rings. The normalized spacial score (nSPS) is 15.7. The van der Waals surface area contributed by atoms with Gasteiger partial charge in [-0.15, -0.1) is 0 Å². The van der Waals surface area contributed by atoms with Crippen LogP contribution in [0.15, 0.2) is 18.5 Å². The maximum atomic E-state index is 9.09. The van der Waals surface area contributed by atoms with Gasteiger partial charge in [-0.1, -0.05) is 0 Å². The Morgan fingerprint density at radius 3 is 3.00 bits per heavy atom. The molecular formula is C14H20N4O. The first kappa shape index (κ1) is 12.4. The fraction of sp³-hybridized carbons (Fsp3) is 0.571. The predicted octanol–water partition coefficient (Wildman–Crippen LogP) is 1.78. The molecule has 2 aromatic heterocycles. The average Bonchev–Trinajstić information content (AvgIpc) is 2.72. The van der Waals surface area contributed by atoms with Crippen LogP contribution >= 0.6 is 0 Å². The van der Waals surface area contributed by atoms with Gasteiger partial charge >= 0.3 is 0 Å². The minimum atomic E-state index is 0.227. The Morgan fingerprint density at radius 1 is 1.47 bits per heavy atom. The Hall–Kier alpha value is -1.62. The molecule has 0 atom stereocenters. The first-order valence-electron chi connectivity index (χ1n) is 6.98. The molecule has 2 aromatic rings. The molecule has 5 heteroatoms. The van der Waals surface area contributed by atoms with Crippen LogP contribution in [0.1, 0.15) is 31.4 Å². The number of anilines is 1. The lowest BCUT2D eigenvalue weighted by Crippen LogP contribution is -2.41. The molecule has 1 aliphatic carbocycles. The molecule has 1 N–H and O–H groups in total. The highest BCUT2D eigenvalue weighted by molar-refractivity contribution is 5.69. The van der Waals surface area contributed by atoms with E-state index in [1.54, 1.807) is 6.20 Å². The van der Waals surface area contributed by atoms with E-state index in [-0.39, 0.29) is 6.61 Å². The largest absolute Gasteiger partial charge is 0.396 e. The smallest absolute Gasteiger partial charge is 0.154 e. The molecule has 0 unspecified atom stereocenters. The summed E-state index contributed by atoms with van der Waals surface area (Å²) in [6.07, 6.45) is 8.22. The number of aryl methyl sites for hydroxylation is 1. The van der Waals surface area contributed by atoms with E-state index < -0.39 is 0 Å². The van der Waals surface area contributed by atoms with Gasteiger partial charge in [0.1, 0.15) is 5.52 Å². The molecule has 1 saturated carbocycles. The van der Waals surface area contributed by atoms with Crippen molar-refractivity contribution >= 4 is 11.3 Å². The van der Waals surface area contributed by atoms with E-state index in [2.05, 4.69) is 21.0 Å². The van der Waals surface area contributed by atoms with Crippen molar-refractivity contribution < 1.29 is 5.11 Å². The van der Waals surface area contributed by atoms with Crippen LogP contribution in [0.4, 0.5) is 5.82 Å². The Bertz CT molecular complexity index is 562. The van der Waals surface area contributed by atoms with Crippen LogP contribution in [0, 0.1) is 6.92 Å². The van der Waals surface area contributed by atoms with E-state index in [0.717, 1.165) is 30.0 Å². The van der Waals surface area contributed by atoms with Crippen molar-refractivity contribution in [2.45, 2.75) is 38.6 Å². The van der Waals surface area contributed by atoms with Gasteiger partial charge in [-0.3, -0.25) is 0 Å². The second-order valence-corrected chi connectivity index (χ2v) is 5.22. The van der Waals surface area contributed by atoms with E-state index in [1.807, 2.05) is 17.6 Å². The molecule has 19 heavy (non-hydrogen) atoms. The van der Waals surface area contributed by atoms with Gasteiger partial charge in [0.05, 0.1) is 5.69 Å². The third-order valence-electron chi connectivity index (χ3n) is 3.84. The number of aliphatic hydroxyl groups excluding tert-OH is 1. The number of rotatable bonds is 5. The van der Waals surface area contributed by atoms with Crippen LogP contribution in [0.5, 0.6) is 0 Å². The first-order valence-corrected chi connectivity index (χ1v) is 6.98. The Labute approximate surface area is 112 Å². The van der Waals surface area contributed by atoms with Gasteiger partial charge in [0.25, 0.3) is 0 Å². The summed E-state index contributed by atoms with van der Waals surface area (Å²) in [7, 11) is 0. The zero-order valence-electron chi connectivity index (χ0n) is 11.3. The second kappa shape index (κ2) is 5.17. The summed E-state index contributed by atoms with van der Waals surface area (Å²) in [6, 6.07) is 2.65. The van der Waals surface area contributed by atoms with Crippen LogP contribution < -0.4 is 4.90 Å². The van der Waals surface area contributed by atoms with Crippen molar-refractivity contribution in [1.29, 1.82) is 0 Å². The summed E-state index contributed by atoms with van der Waals surface area (Å²) in [6.45, 7) is 3.08. The number of nitrogens with zero attached hydrogens (tertiary/aromatic N) is 4. The van der Waals surface area contributed by atoms with E-state index in [0.29, 0.717) is 6.04 Å². The lowest BCUT2D eigenvalue weighted by Gasteiger charge is -2.38. The van der Waals surface area contributed by atoms with E-state index in [1.165, 1.54) is 19.3 Å². The van der Waals surface area contributed by atoms with Gasteiger partial charge in [0, 0.05) is 31.6 Å². The Morgan fingerprint density at radius 2 is 2.32 bits per heavy atom. The first-order chi connectivity index (χ1) is 9.29. The molecule has 5 nitrogen and oxygen atoms in total. The summed E-state index contributed by atoms with van der Waals surface area (Å²) < 4.78 is 1.89. The van der Waals surface area contributed by atoms with Gasteiger partial charge in [-0.25, -0.2) is 9.50 Å². The van der Waals surface area contributed by atoms with Crippen molar-refractivity contribution in [3.05, 3.63) is 24.2 Å². The van der Waals surface area contributed by atoms with E-state index >= 15 is 0 Å². The van der Waals surface area contributed by atoms with E-state index in [4.69, 9.17) is 5.11 Å². The Balaban J connectivity index is 1.98. The van der Waals surface area contributed by atoms with Gasteiger partial charge in [0.15, 0.2) is 5.82 Å². The fourth-order valence-corrected chi connectivity index (χ4v) is 2.65. The number of aliphatic hydroxyl groups is 1. The molecule has 0 amide bonds. The summed E-state index contributed by atoms with van der Waals surface area (Å²) in [5, 5.41) is 13.5. The van der Waals surface area contributed by atoms with Crippen LogP contribution in [-0.4, -0.2) is 38.9 Å². The summed E-state index contributed by atoms with van der Waals surface area (Å²) in [5.41, 5.74) is 2.06. The number of aromatic nitrogens is 3. The molecule has 0 spiro atoms. The molecule has 0 bridgehead atoms. The average molecular weight is 260 g/mol. The summed E-state index contributed by atoms with van der Waals surface area (Å²) >= 11 is 0. The van der Waals surface area contributed by atoms with Crippen molar-refractivity contribution in [2.24, 2.45) is 0 Å². The monoisotopic (exact) mass is 260 g/mol. The van der Waals surface area contributed by atoms with Crippen LogP contribution in [-0.2, 0) is 0 Å². The van der Waals surface area contributed by atoms with Crippen molar-refractivity contribution in [1.82, 2.24) is 14.6 Å². The van der Waals surface area contributed by atoms with Crippen molar-refractivity contribution in [2.75, 3.05) is 18.1 Å². The fourth-order valence-electron chi connectivity index (χ4n) is 2.65. The lowest BCUT2D eigenvalue weighted by atomic mass is 9.91. The minimum absolute atomic E-state index is 0.227. The highest BCUT2D eigenvalue weighted by Crippen LogP contribution is 2.31. The maximum Gasteiger partial charge on any atom is 0.154 e. The van der Waals surface area contributed by atoms with Crippen molar-refractivity contribution in [3.63, 3.8) is 0 Å². The summed E-state index contributed by atoms with van der Waals surface area (Å²) in [5.74, 6) is 1.00. The summed E-state index contributed by atoms with van der Waals surface area (Å²) in [4.78, 5) is 6.90. The van der Waals surface area contributed by atoms with Gasteiger partial charge < -0.3 is 10.0 Å². The highest BCUT2D eigenvalue weighted by Gasteiger charge is 2.27. The quantitative estimate of drug-likeness (QED) is 0.890. The lowest BCUT2D eigenvalue weighted by molar-refractivity contribution is 0.282. The van der Waals surface area contributed by atoms with Crippen molar-refractivity contribution in [3.8, 4) is 0 Å². The topological polar surface area (TPSA) is 53.7 Å². The molecule has 102 valence electrons. The SMILES string of the molecule is Cc1cc2c(N(CCCO)C3CCC3)nccn2n1. The minimum Gasteiger partial charge on any atom is -0.396 e. The molecule has 0 saturated heterocycles. The zero-order valence-corrected chi connectivity index (χ0v) is 11.3. The van der Waals surface area contributed by atoms with Gasteiger partial charge in [-0.05, 0) is 38.7 Å². The number of hydrogen-bond donors (Lipinski definition) is 1. The van der Waals surface area contributed by atoms with Gasteiger partial charge in [-0.2, -0.15) is 5.10 Å². The van der Waals surface area contributed by atoms with Crippen LogP contribution in [0.3, 0.4) is 0 Å².